The van der Waals surface area contributed by atoms with Crippen LogP contribution in [0.25, 0.3) is 0 Å². The SMILES string of the molecule is CCCCCCNC(N)=NCC(OC)c1ccc(F)cc1.I. The number of rotatable bonds is 9. The molecule has 6 heteroatoms. The van der Waals surface area contributed by atoms with E-state index in [1.54, 1.807) is 19.2 Å². The fourth-order valence-corrected chi connectivity index (χ4v) is 2.00. The molecule has 1 aromatic carbocycles. The van der Waals surface area contributed by atoms with Gasteiger partial charge in [-0.2, -0.15) is 0 Å². The Morgan fingerprint density at radius 3 is 2.55 bits per heavy atom. The van der Waals surface area contributed by atoms with Gasteiger partial charge >= 0.3 is 0 Å². The molecule has 0 spiro atoms. The zero-order valence-electron chi connectivity index (χ0n) is 13.3. The summed E-state index contributed by atoms with van der Waals surface area (Å²) in [6.45, 7) is 3.43. The highest BCUT2D eigenvalue weighted by molar-refractivity contribution is 14.0. The summed E-state index contributed by atoms with van der Waals surface area (Å²) in [5, 5.41) is 3.09. The first-order chi connectivity index (χ1) is 10.2. The average molecular weight is 423 g/mol. The van der Waals surface area contributed by atoms with Crippen molar-refractivity contribution >= 4 is 29.9 Å². The van der Waals surface area contributed by atoms with Gasteiger partial charge in [0, 0.05) is 13.7 Å². The summed E-state index contributed by atoms with van der Waals surface area (Å²) in [4.78, 5) is 4.28. The molecular weight excluding hydrogens is 396 g/mol. The van der Waals surface area contributed by atoms with Crippen molar-refractivity contribution in [2.45, 2.75) is 38.7 Å². The second kappa shape index (κ2) is 12.6. The van der Waals surface area contributed by atoms with Gasteiger partial charge in [0.1, 0.15) is 11.9 Å². The van der Waals surface area contributed by atoms with Crippen molar-refractivity contribution in [3.63, 3.8) is 0 Å². The van der Waals surface area contributed by atoms with Crippen LogP contribution >= 0.6 is 24.0 Å². The van der Waals surface area contributed by atoms with Crippen molar-refractivity contribution in [1.82, 2.24) is 5.32 Å². The molecule has 4 nitrogen and oxygen atoms in total. The molecule has 0 amide bonds. The first-order valence-corrected chi connectivity index (χ1v) is 7.49. The Morgan fingerprint density at radius 1 is 1.27 bits per heavy atom. The number of nitrogens with two attached hydrogens (primary N) is 1. The molecule has 1 atom stereocenters. The van der Waals surface area contributed by atoms with Crippen LogP contribution in [0.4, 0.5) is 4.39 Å². The molecule has 0 bridgehead atoms. The van der Waals surface area contributed by atoms with Crippen molar-refractivity contribution in [2.75, 3.05) is 20.2 Å². The molecule has 0 radical (unpaired) electrons. The van der Waals surface area contributed by atoms with Crippen LogP contribution in [0.15, 0.2) is 29.3 Å². The maximum Gasteiger partial charge on any atom is 0.188 e. The predicted molar refractivity (Wildman–Crippen MR) is 100 cm³/mol. The molecular formula is C16H27FIN3O. The topological polar surface area (TPSA) is 59.6 Å². The van der Waals surface area contributed by atoms with Gasteiger partial charge in [0.25, 0.3) is 0 Å². The number of unbranched alkanes of at least 4 members (excludes halogenated alkanes) is 3. The van der Waals surface area contributed by atoms with Gasteiger partial charge in [-0.15, -0.1) is 24.0 Å². The first kappa shape index (κ1) is 21.1. The van der Waals surface area contributed by atoms with E-state index in [1.165, 1.54) is 31.4 Å². The molecule has 0 heterocycles. The normalized spacial score (nSPS) is 12.6. The van der Waals surface area contributed by atoms with Crippen LogP contribution in [0.3, 0.4) is 0 Å². The van der Waals surface area contributed by atoms with Crippen LogP contribution in [-0.2, 0) is 4.74 Å². The van der Waals surface area contributed by atoms with Gasteiger partial charge in [-0.3, -0.25) is 4.99 Å². The Bertz CT molecular complexity index is 426. The number of guanidine groups is 1. The molecule has 126 valence electrons. The van der Waals surface area contributed by atoms with E-state index in [-0.39, 0.29) is 35.9 Å². The minimum absolute atomic E-state index is 0. The molecule has 0 saturated heterocycles. The Hall–Kier alpha value is -0.890. The molecule has 3 N–H and O–H groups in total. The fourth-order valence-electron chi connectivity index (χ4n) is 2.00. The lowest BCUT2D eigenvalue weighted by Crippen LogP contribution is -2.33. The molecule has 0 aromatic heterocycles. The quantitative estimate of drug-likeness (QED) is 0.276. The van der Waals surface area contributed by atoms with Crippen LogP contribution in [-0.4, -0.2) is 26.2 Å². The number of aliphatic imine (C=N–C) groups is 1. The highest BCUT2D eigenvalue weighted by atomic mass is 127. The number of halogens is 2. The smallest absolute Gasteiger partial charge is 0.188 e. The Labute approximate surface area is 149 Å². The summed E-state index contributed by atoms with van der Waals surface area (Å²) in [5.74, 6) is 0.168. The lowest BCUT2D eigenvalue weighted by molar-refractivity contribution is 0.111. The number of hydrogen-bond donors (Lipinski definition) is 2. The van der Waals surface area contributed by atoms with E-state index in [0.29, 0.717) is 12.5 Å². The first-order valence-electron chi connectivity index (χ1n) is 7.49. The van der Waals surface area contributed by atoms with Crippen LogP contribution in [0, 0.1) is 5.82 Å². The molecule has 0 saturated carbocycles. The van der Waals surface area contributed by atoms with E-state index < -0.39 is 0 Å². The number of nitrogens with zero attached hydrogens (tertiary/aromatic N) is 1. The lowest BCUT2D eigenvalue weighted by atomic mass is 10.1. The third kappa shape index (κ3) is 8.53. The van der Waals surface area contributed by atoms with E-state index in [0.717, 1.165) is 18.5 Å². The zero-order valence-corrected chi connectivity index (χ0v) is 15.7. The highest BCUT2D eigenvalue weighted by Crippen LogP contribution is 2.17. The van der Waals surface area contributed by atoms with E-state index in [1.807, 2.05) is 0 Å². The molecule has 0 aliphatic heterocycles. The second-order valence-electron chi connectivity index (χ2n) is 4.99. The molecule has 0 fully saturated rings. The van der Waals surface area contributed by atoms with E-state index in [2.05, 4.69) is 17.2 Å². The lowest BCUT2D eigenvalue weighted by Gasteiger charge is -2.14. The summed E-state index contributed by atoms with van der Waals surface area (Å²) < 4.78 is 18.3. The van der Waals surface area contributed by atoms with Crippen molar-refractivity contribution in [3.05, 3.63) is 35.6 Å². The van der Waals surface area contributed by atoms with Crippen molar-refractivity contribution in [2.24, 2.45) is 10.7 Å². The maximum atomic E-state index is 12.9. The van der Waals surface area contributed by atoms with Crippen LogP contribution in [0.5, 0.6) is 0 Å². The number of benzene rings is 1. The summed E-state index contributed by atoms with van der Waals surface area (Å²) in [5.41, 5.74) is 6.70. The largest absolute Gasteiger partial charge is 0.375 e. The van der Waals surface area contributed by atoms with E-state index in [9.17, 15) is 4.39 Å². The van der Waals surface area contributed by atoms with Crippen LogP contribution in [0.1, 0.15) is 44.3 Å². The highest BCUT2D eigenvalue weighted by Gasteiger charge is 2.09. The van der Waals surface area contributed by atoms with Gasteiger partial charge in [0.2, 0.25) is 0 Å². The molecule has 1 rings (SSSR count). The number of ether oxygens (including phenoxy) is 1. The van der Waals surface area contributed by atoms with E-state index in [4.69, 9.17) is 10.5 Å². The molecule has 1 aromatic rings. The third-order valence-corrected chi connectivity index (χ3v) is 3.29. The van der Waals surface area contributed by atoms with E-state index >= 15 is 0 Å². The Morgan fingerprint density at radius 2 is 1.95 bits per heavy atom. The number of methoxy groups -OCH3 is 1. The minimum Gasteiger partial charge on any atom is -0.375 e. The van der Waals surface area contributed by atoms with Gasteiger partial charge in [-0.1, -0.05) is 38.3 Å². The Balaban J connectivity index is 0.00000441. The minimum atomic E-state index is -0.259. The van der Waals surface area contributed by atoms with Gasteiger partial charge in [0.05, 0.1) is 6.54 Å². The molecule has 0 aliphatic carbocycles. The Kier molecular flexibility index (Phi) is 12.1. The van der Waals surface area contributed by atoms with Crippen LogP contribution in [0.2, 0.25) is 0 Å². The maximum absolute atomic E-state index is 12.9. The summed E-state index contributed by atoms with van der Waals surface area (Å²) in [7, 11) is 1.61. The molecule has 0 aliphatic rings. The van der Waals surface area contributed by atoms with Crippen molar-refractivity contribution in [1.29, 1.82) is 0 Å². The predicted octanol–water partition coefficient (Wildman–Crippen LogP) is 3.62. The monoisotopic (exact) mass is 423 g/mol. The second-order valence-corrected chi connectivity index (χ2v) is 4.99. The van der Waals surface area contributed by atoms with Gasteiger partial charge in [-0.25, -0.2) is 4.39 Å². The summed E-state index contributed by atoms with van der Waals surface area (Å²) in [6.07, 6.45) is 4.54. The number of hydrogen-bond acceptors (Lipinski definition) is 2. The molecule has 1 unspecified atom stereocenters. The standard InChI is InChI=1S/C16H26FN3O.HI/c1-3-4-5-6-11-19-16(18)20-12-15(21-2)13-7-9-14(17)10-8-13;/h7-10,15H,3-6,11-12H2,1-2H3,(H3,18,19,20);1H. The average Bonchev–Trinajstić information content (AvgIpc) is 2.49. The van der Waals surface area contributed by atoms with Gasteiger partial charge in [-0.05, 0) is 24.1 Å². The zero-order chi connectivity index (χ0) is 15.5. The van der Waals surface area contributed by atoms with Gasteiger partial charge in [0.15, 0.2) is 5.96 Å². The van der Waals surface area contributed by atoms with Crippen molar-refractivity contribution in [3.8, 4) is 0 Å². The summed E-state index contributed by atoms with van der Waals surface area (Å²) in [6, 6.07) is 6.24. The number of nitrogens with one attached hydrogen (secondary N) is 1. The summed E-state index contributed by atoms with van der Waals surface area (Å²) >= 11 is 0. The fraction of sp³-hybridized carbons (Fsp3) is 0.562. The van der Waals surface area contributed by atoms with Crippen LogP contribution < -0.4 is 11.1 Å². The van der Waals surface area contributed by atoms with Crippen molar-refractivity contribution < 1.29 is 9.13 Å². The van der Waals surface area contributed by atoms with Gasteiger partial charge < -0.3 is 15.8 Å². The molecule has 22 heavy (non-hydrogen) atoms. The third-order valence-electron chi connectivity index (χ3n) is 3.29.